The van der Waals surface area contributed by atoms with E-state index in [1.807, 2.05) is 26.0 Å². The van der Waals surface area contributed by atoms with E-state index < -0.39 is 10.0 Å². The minimum Gasteiger partial charge on any atom is -0.306 e. The number of carbonyl (C=O) groups is 1. The number of benzene rings is 2. The molecule has 0 aliphatic carbocycles. The van der Waals surface area contributed by atoms with Gasteiger partial charge in [0.25, 0.3) is 10.0 Å². The highest BCUT2D eigenvalue weighted by molar-refractivity contribution is 7.93. The third-order valence-electron chi connectivity index (χ3n) is 4.52. The molecule has 0 aromatic heterocycles. The second-order valence-corrected chi connectivity index (χ2v) is 8.36. The molecule has 6 heteroatoms. The maximum Gasteiger partial charge on any atom is 0.264 e. The van der Waals surface area contributed by atoms with Crippen LogP contribution in [0.5, 0.6) is 0 Å². The molecule has 1 atom stereocenters. The highest BCUT2D eigenvalue weighted by Gasteiger charge is 2.37. The Morgan fingerprint density at radius 3 is 2.32 bits per heavy atom. The third-order valence-corrected chi connectivity index (χ3v) is 6.46. The molecule has 0 spiro atoms. The first-order valence-electron chi connectivity index (χ1n) is 8.22. The first-order chi connectivity index (χ1) is 11.7. The van der Waals surface area contributed by atoms with E-state index in [1.165, 1.54) is 11.2 Å². The van der Waals surface area contributed by atoms with Crippen molar-refractivity contribution in [2.45, 2.75) is 38.6 Å². The van der Waals surface area contributed by atoms with Crippen LogP contribution in [0.15, 0.2) is 47.4 Å². The van der Waals surface area contributed by atoms with Crippen LogP contribution in [0.25, 0.3) is 0 Å². The molecule has 1 heterocycles. The lowest BCUT2D eigenvalue weighted by atomic mass is 10.1. The lowest BCUT2D eigenvalue weighted by Crippen LogP contribution is -2.51. The fourth-order valence-corrected chi connectivity index (χ4v) is 5.22. The van der Waals surface area contributed by atoms with Gasteiger partial charge in [0, 0.05) is 6.92 Å². The van der Waals surface area contributed by atoms with Crippen molar-refractivity contribution in [1.82, 2.24) is 0 Å². The van der Waals surface area contributed by atoms with E-state index in [2.05, 4.69) is 0 Å². The second kappa shape index (κ2) is 6.19. The minimum atomic E-state index is -3.71. The number of aryl methyl sites for hydroxylation is 2. The number of para-hydroxylation sites is 2. The maximum atomic E-state index is 13.3. The lowest BCUT2D eigenvalue weighted by Gasteiger charge is -2.41. The molecule has 0 bridgehead atoms. The first kappa shape index (κ1) is 17.5. The van der Waals surface area contributed by atoms with Gasteiger partial charge in [-0.3, -0.25) is 9.10 Å². The van der Waals surface area contributed by atoms with E-state index in [0.29, 0.717) is 16.3 Å². The summed E-state index contributed by atoms with van der Waals surface area (Å²) in [6, 6.07) is 12.2. The van der Waals surface area contributed by atoms with Gasteiger partial charge in [-0.1, -0.05) is 29.8 Å². The Morgan fingerprint density at radius 1 is 1.08 bits per heavy atom. The molecule has 2 aromatic rings. The Morgan fingerprint density at radius 2 is 1.72 bits per heavy atom. The van der Waals surface area contributed by atoms with Crippen LogP contribution in [-0.2, 0) is 14.8 Å². The molecule has 0 unspecified atom stereocenters. The Hall–Kier alpha value is -2.34. The van der Waals surface area contributed by atoms with Gasteiger partial charge in [0.2, 0.25) is 5.91 Å². The zero-order chi connectivity index (χ0) is 18.4. The monoisotopic (exact) mass is 358 g/mol. The Balaban J connectivity index is 2.17. The van der Waals surface area contributed by atoms with Crippen LogP contribution in [-0.4, -0.2) is 26.9 Å². The molecular weight excluding hydrogens is 336 g/mol. The summed E-state index contributed by atoms with van der Waals surface area (Å²) in [5.41, 5.74) is 2.91. The van der Waals surface area contributed by atoms with Gasteiger partial charge in [-0.25, -0.2) is 8.42 Å². The van der Waals surface area contributed by atoms with Crippen LogP contribution >= 0.6 is 0 Å². The molecule has 1 amide bonds. The zero-order valence-electron chi connectivity index (χ0n) is 14.9. The van der Waals surface area contributed by atoms with E-state index in [0.717, 1.165) is 11.1 Å². The van der Waals surface area contributed by atoms with Gasteiger partial charge in [-0.15, -0.1) is 0 Å². The van der Waals surface area contributed by atoms with Crippen molar-refractivity contribution in [3.05, 3.63) is 53.6 Å². The standard InChI is InChI=1S/C19H22N2O3S/c1-13-9-10-19(14(2)11-13)25(23,24)20-12-15(3)21(16(4)22)18-8-6-5-7-17(18)20/h5-11,15H,12H2,1-4H3/t15-/m0/s1. The van der Waals surface area contributed by atoms with Crippen LogP contribution in [0.3, 0.4) is 0 Å². The molecule has 1 aliphatic heterocycles. The Bertz CT molecular complexity index is 937. The highest BCUT2D eigenvalue weighted by Crippen LogP contribution is 2.38. The van der Waals surface area contributed by atoms with Gasteiger partial charge in [0.15, 0.2) is 0 Å². The van der Waals surface area contributed by atoms with Crippen molar-refractivity contribution >= 4 is 27.3 Å². The SMILES string of the molecule is CC(=O)N1c2ccccc2N(S(=O)(=O)c2ccc(C)cc2C)C[C@@H]1C. The number of fused-ring (bicyclic) bond motifs is 1. The summed E-state index contributed by atoms with van der Waals surface area (Å²) in [6.45, 7) is 7.34. The number of rotatable bonds is 2. The maximum absolute atomic E-state index is 13.3. The minimum absolute atomic E-state index is 0.0940. The van der Waals surface area contributed by atoms with E-state index >= 15 is 0 Å². The molecular formula is C19H22N2O3S. The molecule has 0 fully saturated rings. The van der Waals surface area contributed by atoms with Crippen molar-refractivity contribution < 1.29 is 13.2 Å². The first-order valence-corrected chi connectivity index (χ1v) is 9.66. The fourth-order valence-electron chi connectivity index (χ4n) is 3.45. The van der Waals surface area contributed by atoms with Crippen molar-refractivity contribution in [3.63, 3.8) is 0 Å². The van der Waals surface area contributed by atoms with E-state index in [4.69, 9.17) is 0 Å². The van der Waals surface area contributed by atoms with Crippen molar-refractivity contribution in [2.24, 2.45) is 0 Å². The Labute approximate surface area is 148 Å². The Kier molecular flexibility index (Phi) is 4.33. The predicted molar refractivity (Wildman–Crippen MR) is 99.5 cm³/mol. The summed E-state index contributed by atoms with van der Waals surface area (Å²) in [5.74, 6) is -0.0940. The van der Waals surface area contributed by atoms with Gasteiger partial charge in [0.1, 0.15) is 0 Å². The van der Waals surface area contributed by atoms with Gasteiger partial charge in [-0.05, 0) is 44.5 Å². The highest BCUT2D eigenvalue weighted by atomic mass is 32.2. The van der Waals surface area contributed by atoms with Crippen molar-refractivity contribution in [2.75, 3.05) is 15.7 Å². The number of hydrogen-bond acceptors (Lipinski definition) is 3. The van der Waals surface area contributed by atoms with Gasteiger partial charge >= 0.3 is 0 Å². The van der Waals surface area contributed by atoms with Crippen LogP contribution in [0, 0.1) is 13.8 Å². The number of sulfonamides is 1. The molecule has 0 radical (unpaired) electrons. The van der Waals surface area contributed by atoms with Crippen LogP contribution < -0.4 is 9.21 Å². The fraction of sp³-hybridized carbons (Fsp3) is 0.316. The zero-order valence-corrected chi connectivity index (χ0v) is 15.7. The summed E-state index contributed by atoms with van der Waals surface area (Å²) in [5, 5.41) is 0. The van der Waals surface area contributed by atoms with E-state index in [9.17, 15) is 13.2 Å². The number of carbonyl (C=O) groups excluding carboxylic acids is 1. The topological polar surface area (TPSA) is 57.7 Å². The molecule has 0 saturated carbocycles. The lowest BCUT2D eigenvalue weighted by molar-refractivity contribution is -0.117. The number of nitrogens with zero attached hydrogens (tertiary/aromatic N) is 2. The average molecular weight is 358 g/mol. The predicted octanol–water partition coefficient (Wildman–Crippen LogP) is 3.25. The van der Waals surface area contributed by atoms with Crippen molar-refractivity contribution in [3.8, 4) is 0 Å². The normalized spacial score (nSPS) is 17.4. The quantitative estimate of drug-likeness (QED) is 0.828. The second-order valence-electron chi connectivity index (χ2n) is 6.53. The van der Waals surface area contributed by atoms with Crippen LogP contribution in [0.1, 0.15) is 25.0 Å². The van der Waals surface area contributed by atoms with Crippen molar-refractivity contribution in [1.29, 1.82) is 0 Å². The number of amides is 1. The summed E-state index contributed by atoms with van der Waals surface area (Å²) in [7, 11) is -3.71. The third kappa shape index (κ3) is 2.91. The molecule has 1 aliphatic rings. The molecule has 2 aromatic carbocycles. The van der Waals surface area contributed by atoms with Gasteiger partial charge in [0.05, 0.1) is 28.9 Å². The summed E-state index contributed by atoms with van der Waals surface area (Å²) in [4.78, 5) is 14.0. The summed E-state index contributed by atoms with van der Waals surface area (Å²) in [6.07, 6.45) is 0. The molecule has 25 heavy (non-hydrogen) atoms. The molecule has 5 nitrogen and oxygen atoms in total. The van der Waals surface area contributed by atoms with Gasteiger partial charge in [-0.2, -0.15) is 0 Å². The molecule has 0 saturated heterocycles. The molecule has 132 valence electrons. The smallest absolute Gasteiger partial charge is 0.264 e. The van der Waals surface area contributed by atoms with Gasteiger partial charge < -0.3 is 4.90 Å². The largest absolute Gasteiger partial charge is 0.306 e. The van der Waals surface area contributed by atoms with E-state index in [1.54, 1.807) is 42.2 Å². The van der Waals surface area contributed by atoms with E-state index in [-0.39, 0.29) is 18.5 Å². The number of hydrogen-bond donors (Lipinski definition) is 0. The summed E-state index contributed by atoms with van der Waals surface area (Å²) >= 11 is 0. The van der Waals surface area contributed by atoms with Crippen LogP contribution in [0.4, 0.5) is 11.4 Å². The number of anilines is 2. The van der Waals surface area contributed by atoms with Crippen LogP contribution in [0.2, 0.25) is 0 Å². The average Bonchev–Trinajstić information content (AvgIpc) is 2.53. The molecule has 3 rings (SSSR count). The summed E-state index contributed by atoms with van der Waals surface area (Å²) < 4.78 is 28.1. The molecule has 0 N–H and O–H groups in total.